The quantitative estimate of drug-likeness (QED) is 0.374. The molecule has 3 fully saturated rings. The van der Waals surface area contributed by atoms with Gasteiger partial charge < -0.3 is 29.4 Å². The van der Waals surface area contributed by atoms with E-state index in [0.29, 0.717) is 19.3 Å². The van der Waals surface area contributed by atoms with Crippen LogP contribution in [0.1, 0.15) is 0 Å². The molecule has 1 aromatic heterocycles. The number of aromatic nitrogens is 1. The van der Waals surface area contributed by atoms with Crippen molar-refractivity contribution in [2.75, 3.05) is 76.0 Å². The Morgan fingerprint density at radius 1 is 0.821 bits per heavy atom. The lowest BCUT2D eigenvalue weighted by Gasteiger charge is -2.35. The molecule has 0 unspecified atom stereocenters. The second-order valence-electron chi connectivity index (χ2n) is 10.2. The van der Waals surface area contributed by atoms with Gasteiger partial charge in [0.15, 0.2) is 0 Å². The van der Waals surface area contributed by atoms with Crippen molar-refractivity contribution >= 4 is 34.9 Å². The van der Waals surface area contributed by atoms with E-state index >= 15 is 0 Å². The van der Waals surface area contributed by atoms with Crippen molar-refractivity contribution in [3.05, 3.63) is 58.9 Å². The predicted octanol–water partition coefficient (Wildman–Crippen LogP) is 4.01. The molecule has 7 rings (SSSR count). The van der Waals surface area contributed by atoms with Crippen molar-refractivity contribution < 1.29 is 14.2 Å². The molecule has 0 aliphatic carbocycles. The van der Waals surface area contributed by atoms with Crippen LogP contribution in [0, 0.1) is 0 Å². The van der Waals surface area contributed by atoms with Gasteiger partial charge in [0.05, 0.1) is 57.4 Å². The summed E-state index contributed by atoms with van der Waals surface area (Å²) in [5, 5.41) is 3.76. The third kappa shape index (κ3) is 5.33. The number of aromatic amines is 1. The first kappa shape index (κ1) is 25.5. The summed E-state index contributed by atoms with van der Waals surface area (Å²) >= 11 is 3.57. The van der Waals surface area contributed by atoms with Crippen molar-refractivity contribution in [3.63, 3.8) is 0 Å². The number of H-pyrrole nitrogens is 1. The Bertz CT molecular complexity index is 1400. The van der Waals surface area contributed by atoms with Crippen molar-refractivity contribution in [3.8, 4) is 11.3 Å². The van der Waals surface area contributed by atoms with E-state index in [1.54, 1.807) is 29.6 Å². The summed E-state index contributed by atoms with van der Waals surface area (Å²) < 4.78 is 16.9. The highest BCUT2D eigenvalue weighted by atomic mass is 32.2. The number of pyridine rings is 1. The van der Waals surface area contributed by atoms with Gasteiger partial charge in [-0.1, -0.05) is 35.7 Å². The van der Waals surface area contributed by atoms with E-state index in [0.717, 1.165) is 75.2 Å². The zero-order chi connectivity index (χ0) is 26.2. The van der Waals surface area contributed by atoms with Crippen molar-refractivity contribution in [1.29, 1.82) is 0 Å². The van der Waals surface area contributed by atoms with Crippen LogP contribution in [0.2, 0.25) is 0 Å². The SMILES string of the molecule is O=c1cc(N2CCOCC2)cc(-c2cccc3c2Sc2ccc(N[C@H]4COC[C@@H]4N4CCOCC4)cc2S3)[nH]1. The summed E-state index contributed by atoms with van der Waals surface area (Å²) in [5.74, 6) is 0. The highest BCUT2D eigenvalue weighted by molar-refractivity contribution is 8.05. The maximum absolute atomic E-state index is 12.6. The average Bonchev–Trinajstić information content (AvgIpc) is 3.44. The van der Waals surface area contributed by atoms with Gasteiger partial charge in [0.1, 0.15) is 0 Å². The van der Waals surface area contributed by atoms with Crippen molar-refractivity contribution in [2.24, 2.45) is 0 Å². The van der Waals surface area contributed by atoms with Gasteiger partial charge in [-0.25, -0.2) is 0 Å². The topological polar surface area (TPSA) is 79.1 Å². The molecule has 0 spiro atoms. The highest BCUT2D eigenvalue weighted by Crippen LogP contribution is 2.52. The van der Waals surface area contributed by atoms with E-state index in [-0.39, 0.29) is 11.6 Å². The number of rotatable bonds is 5. The summed E-state index contributed by atoms with van der Waals surface area (Å²) in [4.78, 5) is 25.3. The molecular weight excluding hydrogens is 532 g/mol. The van der Waals surface area contributed by atoms with Crippen LogP contribution in [0.25, 0.3) is 11.3 Å². The molecule has 39 heavy (non-hydrogen) atoms. The molecule has 0 saturated carbocycles. The van der Waals surface area contributed by atoms with Crippen LogP contribution in [0.4, 0.5) is 11.4 Å². The number of nitrogens with one attached hydrogen (secondary N) is 2. The van der Waals surface area contributed by atoms with Gasteiger partial charge in [-0.15, -0.1) is 0 Å². The molecule has 3 aromatic rings. The van der Waals surface area contributed by atoms with Crippen LogP contribution in [0.3, 0.4) is 0 Å². The molecule has 2 aromatic carbocycles. The number of benzene rings is 2. The number of anilines is 2. The van der Waals surface area contributed by atoms with Crippen LogP contribution in [-0.2, 0) is 14.2 Å². The molecule has 2 atom stereocenters. The van der Waals surface area contributed by atoms with Crippen LogP contribution in [0.5, 0.6) is 0 Å². The van der Waals surface area contributed by atoms with E-state index in [1.807, 2.05) is 0 Å². The first-order valence-electron chi connectivity index (χ1n) is 13.6. The van der Waals surface area contributed by atoms with Crippen molar-refractivity contribution in [2.45, 2.75) is 31.7 Å². The molecule has 4 aliphatic heterocycles. The first-order chi connectivity index (χ1) is 19.2. The minimum Gasteiger partial charge on any atom is -0.379 e. The smallest absolute Gasteiger partial charge is 0.250 e. The van der Waals surface area contributed by atoms with Gasteiger partial charge in [-0.05, 0) is 30.3 Å². The lowest BCUT2D eigenvalue weighted by molar-refractivity contribution is 0.0131. The fraction of sp³-hybridized carbons (Fsp3) is 0.414. The number of hydrogen-bond acceptors (Lipinski definition) is 9. The Labute approximate surface area is 236 Å². The Balaban J connectivity index is 1.12. The van der Waals surface area contributed by atoms with E-state index in [2.05, 4.69) is 62.6 Å². The minimum atomic E-state index is -0.0811. The number of nitrogens with zero attached hydrogens (tertiary/aromatic N) is 2. The van der Waals surface area contributed by atoms with Crippen LogP contribution < -0.4 is 15.8 Å². The molecule has 8 nitrogen and oxygen atoms in total. The first-order valence-corrected chi connectivity index (χ1v) is 15.2. The van der Waals surface area contributed by atoms with E-state index in [9.17, 15) is 4.79 Å². The molecule has 4 aliphatic rings. The minimum absolute atomic E-state index is 0.0811. The van der Waals surface area contributed by atoms with E-state index in [4.69, 9.17) is 14.2 Å². The fourth-order valence-corrected chi connectivity index (χ4v) is 8.16. The molecule has 0 bridgehead atoms. The number of hydrogen-bond donors (Lipinski definition) is 2. The summed E-state index contributed by atoms with van der Waals surface area (Å²) in [5.41, 5.74) is 3.90. The second-order valence-corrected chi connectivity index (χ2v) is 12.4. The van der Waals surface area contributed by atoms with Gasteiger partial charge in [-0.3, -0.25) is 9.69 Å². The summed E-state index contributed by atoms with van der Waals surface area (Å²) in [6.45, 7) is 7.95. The zero-order valence-electron chi connectivity index (χ0n) is 21.7. The van der Waals surface area contributed by atoms with Crippen LogP contribution >= 0.6 is 23.5 Å². The number of ether oxygens (including phenoxy) is 3. The van der Waals surface area contributed by atoms with Crippen molar-refractivity contribution in [1.82, 2.24) is 9.88 Å². The predicted molar refractivity (Wildman–Crippen MR) is 155 cm³/mol. The Morgan fingerprint density at radius 3 is 2.49 bits per heavy atom. The Hall–Kier alpha value is -2.47. The monoisotopic (exact) mass is 564 g/mol. The maximum Gasteiger partial charge on any atom is 0.250 e. The van der Waals surface area contributed by atoms with E-state index in [1.165, 1.54) is 19.6 Å². The largest absolute Gasteiger partial charge is 0.379 e. The van der Waals surface area contributed by atoms with E-state index < -0.39 is 0 Å². The second kappa shape index (κ2) is 11.2. The molecule has 2 N–H and O–H groups in total. The molecule has 5 heterocycles. The lowest BCUT2D eigenvalue weighted by Crippen LogP contribution is -2.50. The normalized spacial score (nSPS) is 23.3. The van der Waals surface area contributed by atoms with Crippen LogP contribution in [0.15, 0.2) is 72.9 Å². The third-order valence-electron chi connectivity index (χ3n) is 7.77. The number of fused-ring (bicyclic) bond motifs is 2. The van der Waals surface area contributed by atoms with Gasteiger partial charge >= 0.3 is 0 Å². The molecule has 0 amide bonds. The Kier molecular flexibility index (Phi) is 7.31. The molecule has 0 radical (unpaired) electrons. The molecular formula is C29H32N4O4S2. The zero-order valence-corrected chi connectivity index (χ0v) is 23.3. The van der Waals surface area contributed by atoms with Gasteiger partial charge in [-0.2, -0.15) is 0 Å². The summed E-state index contributed by atoms with van der Waals surface area (Å²) in [6.07, 6.45) is 0. The van der Waals surface area contributed by atoms with Gasteiger partial charge in [0.25, 0.3) is 0 Å². The van der Waals surface area contributed by atoms with Crippen LogP contribution in [-0.4, -0.2) is 87.8 Å². The standard InChI is InChI=1S/C29H32N4O4S2/c34-28-16-20(32-6-10-35-11-7-32)15-22(31-28)21-2-1-3-26-29(21)39-25-5-4-19(14-27(25)38-26)30-23-17-37-18-24(23)33-8-12-36-13-9-33/h1-5,14-16,23-24,30H,6-13,17-18H2,(H,31,34)/t23-,24-/m0/s1. The summed E-state index contributed by atoms with van der Waals surface area (Å²) in [7, 11) is 0. The molecule has 204 valence electrons. The molecule has 3 saturated heterocycles. The van der Waals surface area contributed by atoms with Gasteiger partial charge in [0, 0.05) is 68.8 Å². The fourth-order valence-electron chi connectivity index (χ4n) is 5.75. The number of morpholine rings is 2. The highest BCUT2D eigenvalue weighted by Gasteiger charge is 2.34. The van der Waals surface area contributed by atoms with Gasteiger partial charge in [0.2, 0.25) is 5.56 Å². The third-order valence-corrected chi connectivity index (χ3v) is 10.4. The average molecular weight is 565 g/mol. The summed E-state index contributed by atoms with van der Waals surface area (Å²) in [6, 6.07) is 17.4. The molecule has 10 heteroatoms. The Morgan fingerprint density at radius 2 is 1.64 bits per heavy atom. The maximum atomic E-state index is 12.6. The lowest BCUT2D eigenvalue weighted by atomic mass is 10.1.